The van der Waals surface area contributed by atoms with Crippen LogP contribution in [0.5, 0.6) is 0 Å². The Kier molecular flexibility index (Phi) is 4.54. The first-order valence-electron chi connectivity index (χ1n) is 10.2. The third kappa shape index (κ3) is 3.39. The number of rotatable bonds is 4. The van der Waals surface area contributed by atoms with Gasteiger partial charge in [0.1, 0.15) is 11.5 Å². The maximum absolute atomic E-state index is 12.8. The van der Waals surface area contributed by atoms with Gasteiger partial charge in [-0.25, -0.2) is 4.98 Å². The minimum absolute atomic E-state index is 0.131. The van der Waals surface area contributed by atoms with Crippen LogP contribution in [0.15, 0.2) is 53.1 Å². The zero-order chi connectivity index (χ0) is 19.8. The van der Waals surface area contributed by atoms with Gasteiger partial charge >= 0.3 is 0 Å². The number of para-hydroxylation sites is 3. The summed E-state index contributed by atoms with van der Waals surface area (Å²) in [7, 11) is 0. The molecule has 0 saturated carbocycles. The van der Waals surface area contributed by atoms with E-state index in [-0.39, 0.29) is 5.91 Å². The van der Waals surface area contributed by atoms with Gasteiger partial charge in [0.2, 0.25) is 5.91 Å². The molecule has 0 atom stereocenters. The van der Waals surface area contributed by atoms with Crippen molar-refractivity contribution in [2.45, 2.75) is 32.7 Å². The topological polar surface area (TPSA) is 64.2 Å². The quantitative estimate of drug-likeness (QED) is 0.531. The molecule has 3 heterocycles. The van der Waals surface area contributed by atoms with Crippen LogP contribution < -0.4 is 0 Å². The number of nitrogens with zero attached hydrogens (tertiary/aromatic N) is 4. The lowest BCUT2D eigenvalue weighted by Crippen LogP contribution is -2.40. The Morgan fingerprint density at radius 1 is 1.10 bits per heavy atom. The molecule has 2 aromatic carbocycles. The van der Waals surface area contributed by atoms with Crippen LogP contribution in [-0.4, -0.2) is 38.6 Å². The van der Waals surface area contributed by atoms with Crippen LogP contribution in [-0.2, 0) is 17.8 Å². The molecule has 29 heavy (non-hydrogen) atoms. The van der Waals surface area contributed by atoms with Crippen molar-refractivity contribution >= 4 is 27.9 Å². The number of benzene rings is 2. The number of likely N-dealkylation sites (tertiary alicyclic amines) is 1. The van der Waals surface area contributed by atoms with Gasteiger partial charge in [0, 0.05) is 25.0 Å². The largest absolute Gasteiger partial charge is 0.356 e. The Labute approximate surface area is 169 Å². The first-order valence-corrected chi connectivity index (χ1v) is 10.2. The summed E-state index contributed by atoms with van der Waals surface area (Å²) in [4.78, 5) is 19.4. The Balaban J connectivity index is 1.22. The summed E-state index contributed by atoms with van der Waals surface area (Å²) in [6, 6.07) is 16.0. The van der Waals surface area contributed by atoms with Gasteiger partial charge in [-0.15, -0.1) is 0 Å². The molecular weight excluding hydrogens is 364 g/mol. The highest BCUT2D eigenvalue weighted by atomic mass is 16.5. The normalized spacial score (nSPS) is 15.4. The van der Waals surface area contributed by atoms with Crippen LogP contribution >= 0.6 is 0 Å². The molecule has 1 aliphatic heterocycles. The molecule has 5 rings (SSSR count). The molecule has 4 aromatic rings. The summed E-state index contributed by atoms with van der Waals surface area (Å²) < 4.78 is 7.65. The number of carbonyl (C=O) groups is 1. The monoisotopic (exact) mass is 388 g/mol. The molecule has 1 aliphatic rings. The van der Waals surface area contributed by atoms with Crippen LogP contribution in [0.2, 0.25) is 0 Å². The van der Waals surface area contributed by atoms with Crippen LogP contribution in [0.3, 0.4) is 0 Å². The lowest BCUT2D eigenvalue weighted by molar-refractivity contribution is -0.132. The van der Waals surface area contributed by atoms with Crippen LogP contribution in [0.25, 0.3) is 22.0 Å². The smallest absolute Gasteiger partial charge is 0.228 e. The summed E-state index contributed by atoms with van der Waals surface area (Å²) in [5, 5.41) is 5.03. The molecule has 0 bridgehead atoms. The molecule has 0 unspecified atom stereocenters. The van der Waals surface area contributed by atoms with Crippen LogP contribution in [0.1, 0.15) is 24.4 Å². The highest BCUT2D eigenvalue weighted by molar-refractivity contribution is 5.86. The second-order valence-electron chi connectivity index (χ2n) is 7.88. The number of fused-ring (bicyclic) bond motifs is 2. The van der Waals surface area contributed by atoms with Gasteiger partial charge in [-0.05, 0) is 49.9 Å². The van der Waals surface area contributed by atoms with Crippen LogP contribution in [0, 0.1) is 12.8 Å². The SMILES string of the molecule is Cc1nc2ccccc2n1CC1CCN(C(=O)Cc2noc3ccccc23)CC1. The Hall–Kier alpha value is -3.15. The molecule has 148 valence electrons. The number of carbonyl (C=O) groups excluding carboxylic acids is 1. The van der Waals surface area contributed by atoms with Crippen molar-refractivity contribution in [2.75, 3.05) is 13.1 Å². The van der Waals surface area contributed by atoms with E-state index in [1.54, 1.807) is 0 Å². The number of aromatic nitrogens is 3. The first-order chi connectivity index (χ1) is 14.2. The fourth-order valence-corrected chi connectivity index (χ4v) is 4.37. The molecule has 0 spiro atoms. The van der Waals surface area contributed by atoms with E-state index in [2.05, 4.69) is 39.8 Å². The molecule has 6 nitrogen and oxygen atoms in total. The first kappa shape index (κ1) is 17.9. The number of amides is 1. The second kappa shape index (κ2) is 7.35. The van der Waals surface area contributed by atoms with Gasteiger partial charge in [-0.2, -0.15) is 0 Å². The van der Waals surface area contributed by atoms with E-state index in [9.17, 15) is 4.79 Å². The van der Waals surface area contributed by atoms with Crippen molar-refractivity contribution in [3.8, 4) is 0 Å². The van der Waals surface area contributed by atoms with E-state index in [1.807, 2.05) is 35.2 Å². The van der Waals surface area contributed by atoms with E-state index in [0.29, 0.717) is 12.3 Å². The molecule has 0 N–H and O–H groups in total. The number of hydrogen-bond acceptors (Lipinski definition) is 4. The van der Waals surface area contributed by atoms with Crippen molar-refractivity contribution in [1.82, 2.24) is 19.6 Å². The fraction of sp³-hybridized carbons (Fsp3) is 0.348. The maximum Gasteiger partial charge on any atom is 0.228 e. The van der Waals surface area contributed by atoms with Crippen molar-refractivity contribution in [3.63, 3.8) is 0 Å². The molecule has 6 heteroatoms. The van der Waals surface area contributed by atoms with E-state index < -0.39 is 0 Å². The number of imidazole rings is 1. The van der Waals surface area contributed by atoms with Gasteiger partial charge in [0.25, 0.3) is 0 Å². The average molecular weight is 388 g/mol. The van der Waals surface area contributed by atoms with E-state index in [0.717, 1.165) is 60.5 Å². The molecule has 1 saturated heterocycles. The molecule has 1 amide bonds. The predicted octanol–water partition coefficient (Wildman–Crippen LogP) is 3.97. The van der Waals surface area contributed by atoms with Crippen molar-refractivity contribution < 1.29 is 9.32 Å². The Bertz CT molecular complexity index is 1170. The van der Waals surface area contributed by atoms with Gasteiger partial charge in [-0.3, -0.25) is 4.79 Å². The minimum atomic E-state index is 0.131. The van der Waals surface area contributed by atoms with Crippen LogP contribution in [0.4, 0.5) is 0 Å². The van der Waals surface area contributed by atoms with E-state index in [1.165, 1.54) is 5.52 Å². The minimum Gasteiger partial charge on any atom is -0.356 e. The standard InChI is InChI=1S/C23H24N4O2/c1-16-24-19-7-3-4-8-21(19)27(16)15-17-10-12-26(13-11-17)23(28)14-20-18-6-2-5-9-22(18)29-25-20/h2-9,17H,10-15H2,1H3. The zero-order valence-corrected chi connectivity index (χ0v) is 16.5. The van der Waals surface area contributed by atoms with Gasteiger partial charge in [0.15, 0.2) is 5.58 Å². The summed E-state index contributed by atoms with van der Waals surface area (Å²) in [6.45, 7) is 4.62. The molecule has 1 fully saturated rings. The second-order valence-corrected chi connectivity index (χ2v) is 7.88. The van der Waals surface area contributed by atoms with Crippen molar-refractivity contribution in [3.05, 3.63) is 60.0 Å². The molecule has 0 radical (unpaired) electrons. The zero-order valence-electron chi connectivity index (χ0n) is 16.5. The number of aryl methyl sites for hydroxylation is 1. The number of hydrogen-bond donors (Lipinski definition) is 0. The summed E-state index contributed by atoms with van der Waals surface area (Å²) in [5.41, 5.74) is 3.71. The maximum atomic E-state index is 12.8. The van der Waals surface area contributed by atoms with Crippen molar-refractivity contribution in [2.24, 2.45) is 5.92 Å². The predicted molar refractivity (Wildman–Crippen MR) is 111 cm³/mol. The third-order valence-electron chi connectivity index (χ3n) is 6.02. The number of piperidine rings is 1. The Morgan fingerprint density at radius 2 is 1.86 bits per heavy atom. The lowest BCUT2D eigenvalue weighted by atomic mass is 9.96. The van der Waals surface area contributed by atoms with Gasteiger partial charge < -0.3 is 14.0 Å². The summed E-state index contributed by atoms with van der Waals surface area (Å²) >= 11 is 0. The average Bonchev–Trinajstić information content (AvgIpc) is 3.29. The van der Waals surface area contributed by atoms with Gasteiger partial charge in [-0.1, -0.05) is 29.4 Å². The lowest BCUT2D eigenvalue weighted by Gasteiger charge is -2.32. The van der Waals surface area contributed by atoms with E-state index in [4.69, 9.17) is 4.52 Å². The molecule has 2 aromatic heterocycles. The van der Waals surface area contributed by atoms with Crippen molar-refractivity contribution in [1.29, 1.82) is 0 Å². The molecular formula is C23H24N4O2. The third-order valence-corrected chi connectivity index (χ3v) is 6.02. The summed E-state index contributed by atoms with van der Waals surface area (Å²) in [5.74, 6) is 1.75. The van der Waals surface area contributed by atoms with E-state index >= 15 is 0 Å². The highest BCUT2D eigenvalue weighted by Crippen LogP contribution is 2.24. The summed E-state index contributed by atoms with van der Waals surface area (Å²) in [6.07, 6.45) is 2.32. The van der Waals surface area contributed by atoms with Gasteiger partial charge in [0.05, 0.1) is 17.5 Å². The fourth-order valence-electron chi connectivity index (χ4n) is 4.37. The Morgan fingerprint density at radius 3 is 2.72 bits per heavy atom. The molecule has 0 aliphatic carbocycles. The highest BCUT2D eigenvalue weighted by Gasteiger charge is 2.25.